The minimum Gasteiger partial charge on any atom is -0.508 e. The maximum atomic E-state index is 11.9. The molecule has 0 radical (unpaired) electrons. The SMILES string of the molecule is Cc1ccc(C(=O)NCC(C)(C)/C(N)=N/O)cc1O. The molecule has 1 aromatic carbocycles. The van der Waals surface area contributed by atoms with Crippen LogP contribution >= 0.6 is 0 Å². The standard InChI is InChI=1S/C13H19N3O3/c1-8-4-5-9(6-10(8)17)11(18)15-7-13(2,3)12(14)16-19/h4-6,17,19H,7H2,1-3H3,(H2,14,16)(H,15,18). The van der Waals surface area contributed by atoms with Gasteiger partial charge in [0.25, 0.3) is 5.91 Å². The number of carbonyl (C=O) groups is 1. The molecule has 0 heterocycles. The Balaban J connectivity index is 2.73. The zero-order chi connectivity index (χ0) is 14.6. The number of nitrogens with one attached hydrogen (secondary N) is 1. The summed E-state index contributed by atoms with van der Waals surface area (Å²) in [7, 11) is 0. The lowest BCUT2D eigenvalue weighted by molar-refractivity contribution is 0.0944. The largest absolute Gasteiger partial charge is 0.508 e. The molecule has 0 fully saturated rings. The second-order valence-corrected chi connectivity index (χ2v) is 5.05. The molecule has 1 aromatic rings. The Hall–Kier alpha value is -2.24. The van der Waals surface area contributed by atoms with Gasteiger partial charge in [0.05, 0.1) is 0 Å². The first-order valence-corrected chi connectivity index (χ1v) is 5.84. The highest BCUT2D eigenvalue weighted by Crippen LogP contribution is 2.18. The van der Waals surface area contributed by atoms with Crippen molar-refractivity contribution in [1.29, 1.82) is 0 Å². The summed E-state index contributed by atoms with van der Waals surface area (Å²) in [4.78, 5) is 11.9. The number of hydrogen-bond acceptors (Lipinski definition) is 4. The molecular formula is C13H19N3O3. The molecule has 19 heavy (non-hydrogen) atoms. The summed E-state index contributed by atoms with van der Waals surface area (Å²) >= 11 is 0. The smallest absolute Gasteiger partial charge is 0.251 e. The molecule has 0 unspecified atom stereocenters. The summed E-state index contributed by atoms with van der Waals surface area (Å²) in [6, 6.07) is 4.70. The molecule has 6 heteroatoms. The molecule has 0 aliphatic carbocycles. The highest BCUT2D eigenvalue weighted by Gasteiger charge is 2.24. The summed E-state index contributed by atoms with van der Waals surface area (Å²) in [5.74, 6) is -0.211. The topological polar surface area (TPSA) is 108 Å². The van der Waals surface area contributed by atoms with E-state index < -0.39 is 5.41 Å². The molecule has 0 aliphatic heterocycles. The van der Waals surface area contributed by atoms with Crippen molar-refractivity contribution < 1.29 is 15.1 Å². The number of phenolic OH excluding ortho intramolecular Hbond substituents is 1. The van der Waals surface area contributed by atoms with E-state index in [0.717, 1.165) is 0 Å². The molecule has 0 saturated carbocycles. The highest BCUT2D eigenvalue weighted by atomic mass is 16.4. The van der Waals surface area contributed by atoms with Crippen molar-refractivity contribution in [3.63, 3.8) is 0 Å². The number of hydrogen-bond donors (Lipinski definition) is 4. The van der Waals surface area contributed by atoms with Gasteiger partial charge in [0.2, 0.25) is 0 Å². The Morgan fingerprint density at radius 1 is 1.47 bits per heavy atom. The minimum atomic E-state index is -0.656. The molecule has 0 atom stereocenters. The van der Waals surface area contributed by atoms with Crippen molar-refractivity contribution in [3.05, 3.63) is 29.3 Å². The molecule has 0 aromatic heterocycles. The molecule has 5 N–H and O–H groups in total. The number of rotatable bonds is 4. The number of phenols is 1. The van der Waals surface area contributed by atoms with Crippen LogP contribution in [-0.4, -0.2) is 28.6 Å². The number of benzene rings is 1. The van der Waals surface area contributed by atoms with Crippen molar-refractivity contribution in [1.82, 2.24) is 5.32 Å². The van der Waals surface area contributed by atoms with Crippen LogP contribution in [0, 0.1) is 12.3 Å². The fourth-order valence-corrected chi connectivity index (χ4v) is 1.38. The molecule has 1 amide bonds. The summed E-state index contributed by atoms with van der Waals surface area (Å²) < 4.78 is 0. The van der Waals surface area contributed by atoms with E-state index in [1.807, 2.05) is 0 Å². The van der Waals surface area contributed by atoms with E-state index in [0.29, 0.717) is 11.1 Å². The maximum Gasteiger partial charge on any atom is 0.251 e. The average molecular weight is 265 g/mol. The monoisotopic (exact) mass is 265 g/mol. The van der Waals surface area contributed by atoms with E-state index in [1.54, 1.807) is 32.9 Å². The van der Waals surface area contributed by atoms with Crippen LogP contribution in [0.5, 0.6) is 5.75 Å². The fourth-order valence-electron chi connectivity index (χ4n) is 1.38. The first-order chi connectivity index (χ1) is 8.77. The molecule has 104 valence electrons. The number of carbonyl (C=O) groups excluding carboxylic acids is 1. The van der Waals surface area contributed by atoms with Gasteiger partial charge in [0, 0.05) is 17.5 Å². The van der Waals surface area contributed by atoms with Crippen LogP contribution < -0.4 is 11.1 Å². The number of nitrogens with two attached hydrogens (primary N) is 1. The van der Waals surface area contributed by atoms with Gasteiger partial charge in [-0.3, -0.25) is 4.79 Å². The van der Waals surface area contributed by atoms with E-state index in [4.69, 9.17) is 10.9 Å². The fraction of sp³-hybridized carbons (Fsp3) is 0.385. The summed E-state index contributed by atoms with van der Waals surface area (Å²) in [6.07, 6.45) is 0. The third-order valence-electron chi connectivity index (χ3n) is 2.96. The molecular weight excluding hydrogens is 246 g/mol. The van der Waals surface area contributed by atoms with Crippen molar-refractivity contribution >= 4 is 11.7 Å². The van der Waals surface area contributed by atoms with E-state index in [2.05, 4.69) is 10.5 Å². The number of amides is 1. The van der Waals surface area contributed by atoms with Gasteiger partial charge in [0.15, 0.2) is 0 Å². The van der Waals surface area contributed by atoms with E-state index in [1.165, 1.54) is 6.07 Å². The number of amidine groups is 1. The molecule has 0 spiro atoms. The third kappa shape index (κ3) is 3.61. The van der Waals surface area contributed by atoms with Gasteiger partial charge in [-0.25, -0.2) is 0 Å². The van der Waals surface area contributed by atoms with E-state index >= 15 is 0 Å². The number of aryl methyl sites for hydroxylation is 1. The van der Waals surface area contributed by atoms with Crippen LogP contribution in [0.15, 0.2) is 23.4 Å². The number of nitrogens with zero attached hydrogens (tertiary/aromatic N) is 1. The summed E-state index contributed by atoms with van der Waals surface area (Å²) in [5, 5.41) is 23.8. The molecule has 0 bridgehead atoms. The lowest BCUT2D eigenvalue weighted by Gasteiger charge is -2.23. The van der Waals surface area contributed by atoms with Crippen molar-refractivity contribution in [2.75, 3.05) is 6.54 Å². The van der Waals surface area contributed by atoms with Gasteiger partial charge in [0.1, 0.15) is 11.6 Å². The minimum absolute atomic E-state index is 0.0413. The molecule has 0 aliphatic rings. The first kappa shape index (κ1) is 14.8. The van der Waals surface area contributed by atoms with Crippen LogP contribution in [0.1, 0.15) is 29.8 Å². The van der Waals surface area contributed by atoms with Gasteiger partial charge in [-0.05, 0) is 24.6 Å². The predicted molar refractivity (Wildman–Crippen MR) is 72.4 cm³/mol. The Morgan fingerprint density at radius 2 is 2.11 bits per heavy atom. The zero-order valence-corrected chi connectivity index (χ0v) is 11.3. The number of oxime groups is 1. The van der Waals surface area contributed by atoms with Gasteiger partial charge < -0.3 is 21.4 Å². The molecule has 6 nitrogen and oxygen atoms in total. The van der Waals surface area contributed by atoms with Crippen molar-refractivity contribution in [2.24, 2.45) is 16.3 Å². The Bertz CT molecular complexity index is 510. The van der Waals surface area contributed by atoms with Crippen molar-refractivity contribution in [2.45, 2.75) is 20.8 Å². The summed E-state index contributed by atoms with van der Waals surface area (Å²) in [6.45, 7) is 5.46. The van der Waals surface area contributed by atoms with Gasteiger partial charge in [-0.15, -0.1) is 0 Å². The zero-order valence-electron chi connectivity index (χ0n) is 11.3. The van der Waals surface area contributed by atoms with Crippen molar-refractivity contribution in [3.8, 4) is 5.75 Å². The van der Waals surface area contributed by atoms with Crippen LogP contribution in [0.3, 0.4) is 0 Å². The highest BCUT2D eigenvalue weighted by molar-refractivity contribution is 5.95. The van der Waals surface area contributed by atoms with Crippen LogP contribution in [0.2, 0.25) is 0 Å². The Labute approximate surface area is 111 Å². The normalized spacial score (nSPS) is 12.3. The second-order valence-electron chi connectivity index (χ2n) is 5.05. The Kier molecular flexibility index (Phi) is 4.37. The second kappa shape index (κ2) is 5.60. The number of aromatic hydroxyl groups is 1. The first-order valence-electron chi connectivity index (χ1n) is 5.84. The maximum absolute atomic E-state index is 11.9. The average Bonchev–Trinajstić information content (AvgIpc) is 2.38. The van der Waals surface area contributed by atoms with Crippen LogP contribution in [-0.2, 0) is 0 Å². The lowest BCUT2D eigenvalue weighted by Crippen LogP contribution is -2.42. The van der Waals surface area contributed by atoms with Gasteiger partial charge in [-0.1, -0.05) is 25.1 Å². The third-order valence-corrected chi connectivity index (χ3v) is 2.96. The lowest BCUT2D eigenvalue weighted by atomic mass is 9.92. The molecule has 0 saturated heterocycles. The Morgan fingerprint density at radius 3 is 2.63 bits per heavy atom. The quantitative estimate of drug-likeness (QED) is 0.284. The molecule has 1 rings (SSSR count). The van der Waals surface area contributed by atoms with Crippen LogP contribution in [0.25, 0.3) is 0 Å². The van der Waals surface area contributed by atoms with Gasteiger partial charge >= 0.3 is 0 Å². The van der Waals surface area contributed by atoms with Crippen LogP contribution in [0.4, 0.5) is 0 Å². The van der Waals surface area contributed by atoms with Gasteiger partial charge in [-0.2, -0.15) is 0 Å². The van der Waals surface area contributed by atoms with E-state index in [9.17, 15) is 9.90 Å². The summed E-state index contributed by atoms with van der Waals surface area (Å²) in [5.41, 5.74) is 5.93. The predicted octanol–water partition coefficient (Wildman–Crippen LogP) is 1.20. The van der Waals surface area contributed by atoms with E-state index in [-0.39, 0.29) is 24.0 Å².